The van der Waals surface area contributed by atoms with Gasteiger partial charge < -0.3 is 4.90 Å². The van der Waals surface area contributed by atoms with Crippen molar-refractivity contribution in [3.8, 4) is 0 Å². The summed E-state index contributed by atoms with van der Waals surface area (Å²) in [5.41, 5.74) is 4.29. The van der Waals surface area contributed by atoms with E-state index in [9.17, 15) is 4.79 Å². The van der Waals surface area contributed by atoms with Crippen LogP contribution in [0, 0.1) is 0 Å². The molecule has 0 aromatic heterocycles. The molecule has 1 atom stereocenters. The van der Waals surface area contributed by atoms with Crippen LogP contribution in [0.3, 0.4) is 0 Å². The zero-order valence-electron chi connectivity index (χ0n) is 14.4. The maximum Gasteiger partial charge on any atom is 0.252 e. The Hall–Kier alpha value is -2.04. The second kappa shape index (κ2) is 6.93. The molecule has 3 aromatic rings. The van der Waals surface area contributed by atoms with Crippen molar-refractivity contribution in [3.63, 3.8) is 0 Å². The SMILES string of the molecule is CN1C(=O)C(SCc2ccccc2)(c2ccc(Br)cc2)c2ccccc21. The lowest BCUT2D eigenvalue weighted by Gasteiger charge is -2.28. The Morgan fingerprint density at radius 2 is 1.58 bits per heavy atom. The third kappa shape index (κ3) is 2.78. The molecular formula is C22H18BrNOS. The Labute approximate surface area is 166 Å². The van der Waals surface area contributed by atoms with Crippen molar-refractivity contribution in [1.82, 2.24) is 0 Å². The molecule has 26 heavy (non-hydrogen) atoms. The molecule has 0 N–H and O–H groups in total. The number of anilines is 1. The molecule has 0 bridgehead atoms. The van der Waals surface area contributed by atoms with E-state index in [4.69, 9.17) is 0 Å². The Balaban J connectivity index is 1.85. The van der Waals surface area contributed by atoms with Gasteiger partial charge in [-0.05, 0) is 29.3 Å². The number of rotatable bonds is 4. The molecule has 1 aliphatic rings. The summed E-state index contributed by atoms with van der Waals surface area (Å²) in [6, 6.07) is 26.5. The smallest absolute Gasteiger partial charge is 0.252 e. The Kier molecular flexibility index (Phi) is 4.63. The van der Waals surface area contributed by atoms with Crippen molar-refractivity contribution < 1.29 is 4.79 Å². The summed E-state index contributed by atoms with van der Waals surface area (Å²) in [6.45, 7) is 0. The summed E-state index contributed by atoms with van der Waals surface area (Å²) < 4.78 is 0.290. The Bertz CT molecular complexity index is 942. The first-order valence-electron chi connectivity index (χ1n) is 8.44. The van der Waals surface area contributed by atoms with Gasteiger partial charge in [0.05, 0.1) is 0 Å². The normalized spacial score (nSPS) is 18.8. The standard InChI is InChI=1S/C22H18BrNOS/c1-24-20-10-6-5-9-19(20)22(21(24)25,17-11-13-18(23)14-12-17)26-15-16-7-3-2-4-8-16/h2-14H,15H2,1H3. The first-order valence-corrected chi connectivity index (χ1v) is 10.2. The molecule has 1 aliphatic heterocycles. The number of amides is 1. The highest BCUT2D eigenvalue weighted by Gasteiger charge is 2.51. The number of halogens is 1. The highest BCUT2D eigenvalue weighted by molar-refractivity contribution is 9.10. The average molecular weight is 424 g/mol. The molecule has 0 spiro atoms. The molecule has 0 fully saturated rings. The predicted molar refractivity (Wildman–Crippen MR) is 113 cm³/mol. The second-order valence-corrected chi connectivity index (χ2v) is 8.45. The van der Waals surface area contributed by atoms with Gasteiger partial charge in [-0.3, -0.25) is 4.79 Å². The number of fused-ring (bicyclic) bond motifs is 1. The number of hydrogen-bond donors (Lipinski definition) is 0. The fraction of sp³-hybridized carbons (Fsp3) is 0.136. The summed E-state index contributed by atoms with van der Waals surface area (Å²) in [7, 11) is 1.87. The van der Waals surface area contributed by atoms with E-state index in [2.05, 4.69) is 46.3 Å². The predicted octanol–water partition coefficient (Wildman–Crippen LogP) is 5.60. The first kappa shape index (κ1) is 17.4. The van der Waals surface area contributed by atoms with Gasteiger partial charge in [-0.2, -0.15) is 0 Å². The summed E-state index contributed by atoms with van der Waals surface area (Å²) in [4.78, 5) is 15.3. The number of hydrogen-bond acceptors (Lipinski definition) is 2. The van der Waals surface area contributed by atoms with E-state index >= 15 is 0 Å². The quantitative estimate of drug-likeness (QED) is 0.543. The molecule has 0 aliphatic carbocycles. The summed E-state index contributed by atoms with van der Waals surface area (Å²) in [6.07, 6.45) is 0. The lowest BCUT2D eigenvalue weighted by molar-refractivity contribution is -0.119. The van der Waals surface area contributed by atoms with Crippen LogP contribution in [0.25, 0.3) is 0 Å². The molecular weight excluding hydrogens is 406 g/mol. The molecule has 0 saturated heterocycles. The maximum atomic E-state index is 13.5. The van der Waals surface area contributed by atoms with Crippen LogP contribution in [-0.2, 0) is 15.3 Å². The van der Waals surface area contributed by atoms with E-state index in [1.165, 1.54) is 5.56 Å². The van der Waals surface area contributed by atoms with Gasteiger partial charge in [0.15, 0.2) is 0 Å². The number of thioether (sulfide) groups is 1. The van der Waals surface area contributed by atoms with E-state index in [-0.39, 0.29) is 5.91 Å². The van der Waals surface area contributed by atoms with Crippen LogP contribution in [0.5, 0.6) is 0 Å². The minimum absolute atomic E-state index is 0.113. The van der Waals surface area contributed by atoms with Gasteiger partial charge >= 0.3 is 0 Å². The van der Waals surface area contributed by atoms with E-state index in [0.29, 0.717) is 0 Å². The van der Waals surface area contributed by atoms with Crippen LogP contribution in [0.15, 0.2) is 83.3 Å². The fourth-order valence-electron chi connectivity index (χ4n) is 3.48. The minimum Gasteiger partial charge on any atom is -0.313 e. The van der Waals surface area contributed by atoms with Crippen molar-refractivity contribution in [1.29, 1.82) is 0 Å². The molecule has 4 rings (SSSR count). The third-order valence-corrected chi connectivity index (χ3v) is 6.87. The number of carbonyl (C=O) groups is 1. The van der Waals surface area contributed by atoms with Gasteiger partial charge in [-0.15, -0.1) is 11.8 Å². The number of likely N-dealkylation sites (N-methyl/N-ethyl adjacent to an activating group) is 1. The lowest BCUT2D eigenvalue weighted by Crippen LogP contribution is -2.37. The molecule has 4 heteroatoms. The zero-order chi connectivity index (χ0) is 18.1. The third-order valence-electron chi connectivity index (χ3n) is 4.80. The van der Waals surface area contributed by atoms with Crippen LogP contribution in [0.2, 0.25) is 0 Å². The van der Waals surface area contributed by atoms with Gasteiger partial charge in [0.25, 0.3) is 5.91 Å². The van der Waals surface area contributed by atoms with Gasteiger partial charge in [0, 0.05) is 28.5 Å². The number of nitrogens with zero attached hydrogens (tertiary/aromatic N) is 1. The largest absolute Gasteiger partial charge is 0.313 e. The van der Waals surface area contributed by atoms with E-state index in [0.717, 1.165) is 27.0 Å². The van der Waals surface area contributed by atoms with Crippen molar-refractivity contribution >= 4 is 39.3 Å². The summed E-state index contributed by atoms with van der Waals surface area (Å²) >= 11 is 5.20. The zero-order valence-corrected chi connectivity index (χ0v) is 16.8. The molecule has 2 nitrogen and oxygen atoms in total. The van der Waals surface area contributed by atoms with E-state index < -0.39 is 4.75 Å². The summed E-state index contributed by atoms with van der Waals surface area (Å²) in [5.74, 6) is 0.882. The molecule has 130 valence electrons. The van der Waals surface area contributed by atoms with Crippen LogP contribution in [0.1, 0.15) is 16.7 Å². The van der Waals surface area contributed by atoms with Crippen LogP contribution in [-0.4, -0.2) is 13.0 Å². The molecule has 0 saturated carbocycles. The van der Waals surface area contributed by atoms with Gasteiger partial charge in [-0.1, -0.05) is 76.6 Å². The van der Waals surface area contributed by atoms with Gasteiger partial charge in [0.2, 0.25) is 0 Å². The molecule has 1 amide bonds. The van der Waals surface area contributed by atoms with Crippen LogP contribution < -0.4 is 4.90 Å². The lowest BCUT2D eigenvalue weighted by atomic mass is 9.91. The molecule has 0 radical (unpaired) electrons. The van der Waals surface area contributed by atoms with Gasteiger partial charge in [0.1, 0.15) is 4.75 Å². The highest BCUT2D eigenvalue weighted by Crippen LogP contribution is 2.53. The maximum absolute atomic E-state index is 13.5. The fourth-order valence-corrected chi connectivity index (χ4v) is 5.21. The van der Waals surface area contributed by atoms with Crippen molar-refractivity contribution in [2.24, 2.45) is 0 Å². The highest BCUT2D eigenvalue weighted by atomic mass is 79.9. The molecule has 1 unspecified atom stereocenters. The molecule has 1 heterocycles. The van der Waals surface area contributed by atoms with Crippen molar-refractivity contribution in [3.05, 3.63) is 100 Å². The Morgan fingerprint density at radius 1 is 0.923 bits per heavy atom. The van der Waals surface area contributed by atoms with Gasteiger partial charge in [-0.25, -0.2) is 0 Å². The average Bonchev–Trinajstić information content (AvgIpc) is 2.90. The summed E-state index contributed by atoms with van der Waals surface area (Å²) in [5, 5.41) is 0. The number of benzene rings is 3. The minimum atomic E-state index is -0.720. The van der Waals surface area contributed by atoms with E-state index in [1.807, 2.05) is 55.6 Å². The van der Waals surface area contributed by atoms with Crippen LogP contribution in [0.4, 0.5) is 5.69 Å². The van der Waals surface area contributed by atoms with E-state index in [1.54, 1.807) is 16.7 Å². The van der Waals surface area contributed by atoms with Crippen molar-refractivity contribution in [2.45, 2.75) is 10.5 Å². The monoisotopic (exact) mass is 423 g/mol. The number of para-hydroxylation sites is 1. The molecule has 3 aromatic carbocycles. The van der Waals surface area contributed by atoms with Crippen LogP contribution >= 0.6 is 27.7 Å². The number of carbonyl (C=O) groups excluding carboxylic acids is 1. The topological polar surface area (TPSA) is 20.3 Å². The van der Waals surface area contributed by atoms with Crippen molar-refractivity contribution in [2.75, 3.05) is 11.9 Å². The Morgan fingerprint density at radius 3 is 2.31 bits per heavy atom. The first-order chi connectivity index (χ1) is 12.6. The second-order valence-electron chi connectivity index (χ2n) is 6.34.